The van der Waals surface area contributed by atoms with Crippen LogP contribution in [0.1, 0.15) is 21.7 Å². The molecule has 0 radical (unpaired) electrons. The van der Waals surface area contributed by atoms with Crippen molar-refractivity contribution in [2.24, 2.45) is 0 Å². The fraction of sp³-hybridized carbons (Fsp3) is 0.294. The van der Waals surface area contributed by atoms with E-state index in [0.717, 1.165) is 4.88 Å². The second kappa shape index (κ2) is 8.76. The van der Waals surface area contributed by atoms with Crippen molar-refractivity contribution in [1.29, 1.82) is 5.26 Å². The Labute approximate surface area is 151 Å². The van der Waals surface area contributed by atoms with E-state index in [9.17, 15) is 13.2 Å². The highest BCUT2D eigenvalue weighted by Gasteiger charge is 2.16. The van der Waals surface area contributed by atoms with Gasteiger partial charge in [0, 0.05) is 30.6 Å². The summed E-state index contributed by atoms with van der Waals surface area (Å²) >= 11 is 1.59. The Bertz CT molecular complexity index is 838. The van der Waals surface area contributed by atoms with Crippen LogP contribution in [0.2, 0.25) is 0 Å². The lowest BCUT2D eigenvalue weighted by molar-refractivity contribution is 0.0798. The first-order chi connectivity index (χ1) is 11.9. The van der Waals surface area contributed by atoms with Crippen molar-refractivity contribution in [3.8, 4) is 6.07 Å². The number of rotatable bonds is 8. The SMILES string of the molecule is CN(CCC#N)C(=O)c1ccc(S(=O)(=O)NCCc2cccs2)cc1. The summed E-state index contributed by atoms with van der Waals surface area (Å²) in [5.74, 6) is -0.246. The number of hydrogen-bond acceptors (Lipinski definition) is 5. The molecule has 132 valence electrons. The van der Waals surface area contributed by atoms with Gasteiger partial charge in [0.1, 0.15) is 0 Å². The fourth-order valence-electron chi connectivity index (χ4n) is 2.16. The van der Waals surface area contributed by atoms with Crippen LogP contribution in [0.5, 0.6) is 0 Å². The molecule has 0 aliphatic carbocycles. The molecular weight excluding hydrogens is 358 g/mol. The molecule has 1 amide bonds. The fourth-order valence-corrected chi connectivity index (χ4v) is 3.90. The molecule has 6 nitrogen and oxygen atoms in total. The number of amides is 1. The third kappa shape index (κ3) is 5.39. The van der Waals surface area contributed by atoms with E-state index in [1.54, 1.807) is 18.4 Å². The van der Waals surface area contributed by atoms with Gasteiger partial charge in [-0.05, 0) is 42.1 Å². The quantitative estimate of drug-likeness (QED) is 0.764. The molecule has 8 heteroatoms. The highest BCUT2D eigenvalue weighted by Crippen LogP contribution is 2.13. The van der Waals surface area contributed by atoms with E-state index >= 15 is 0 Å². The van der Waals surface area contributed by atoms with Gasteiger partial charge in [0.25, 0.3) is 5.91 Å². The van der Waals surface area contributed by atoms with Crippen molar-refractivity contribution in [2.75, 3.05) is 20.1 Å². The summed E-state index contributed by atoms with van der Waals surface area (Å²) in [6.07, 6.45) is 0.889. The maximum absolute atomic E-state index is 12.3. The monoisotopic (exact) mass is 377 g/mol. The van der Waals surface area contributed by atoms with E-state index in [-0.39, 0.29) is 17.2 Å². The lowest BCUT2D eigenvalue weighted by atomic mass is 10.2. The average Bonchev–Trinajstić information content (AvgIpc) is 3.12. The number of thiophene rings is 1. The molecule has 0 saturated carbocycles. The van der Waals surface area contributed by atoms with Gasteiger partial charge in [0.2, 0.25) is 10.0 Å². The Balaban J connectivity index is 1.97. The third-order valence-corrected chi connectivity index (χ3v) is 5.97. The number of nitrogens with one attached hydrogen (secondary N) is 1. The van der Waals surface area contributed by atoms with Crippen molar-refractivity contribution < 1.29 is 13.2 Å². The van der Waals surface area contributed by atoms with Crippen molar-refractivity contribution >= 4 is 27.3 Å². The molecular formula is C17H19N3O3S2. The first-order valence-corrected chi connectivity index (χ1v) is 10.0. The number of carbonyl (C=O) groups is 1. The summed E-state index contributed by atoms with van der Waals surface area (Å²) in [6, 6.07) is 11.7. The zero-order chi connectivity index (χ0) is 18.3. The highest BCUT2D eigenvalue weighted by atomic mass is 32.2. The van der Waals surface area contributed by atoms with Gasteiger partial charge in [0.05, 0.1) is 17.4 Å². The van der Waals surface area contributed by atoms with Gasteiger partial charge in [-0.3, -0.25) is 4.79 Å². The third-order valence-electron chi connectivity index (χ3n) is 3.56. The largest absolute Gasteiger partial charge is 0.341 e. The van der Waals surface area contributed by atoms with Gasteiger partial charge in [-0.15, -0.1) is 11.3 Å². The maximum atomic E-state index is 12.3. The number of benzene rings is 1. The minimum atomic E-state index is -3.60. The molecule has 2 aromatic rings. The van der Waals surface area contributed by atoms with Gasteiger partial charge in [0.15, 0.2) is 0 Å². The summed E-state index contributed by atoms with van der Waals surface area (Å²) in [6.45, 7) is 0.653. The average molecular weight is 377 g/mol. The van der Waals surface area contributed by atoms with Crippen LogP contribution in [0.15, 0.2) is 46.7 Å². The summed E-state index contributed by atoms with van der Waals surface area (Å²) in [4.78, 5) is 14.8. The molecule has 0 unspecified atom stereocenters. The Morgan fingerprint density at radius 2 is 2.00 bits per heavy atom. The molecule has 0 atom stereocenters. The molecule has 0 aliphatic heterocycles. The molecule has 2 rings (SSSR count). The van der Waals surface area contributed by atoms with E-state index in [2.05, 4.69) is 4.72 Å². The second-order valence-electron chi connectivity index (χ2n) is 5.39. The topological polar surface area (TPSA) is 90.3 Å². The lowest BCUT2D eigenvalue weighted by Gasteiger charge is -2.15. The van der Waals surface area contributed by atoms with Gasteiger partial charge < -0.3 is 4.90 Å². The summed E-state index contributed by atoms with van der Waals surface area (Å²) in [7, 11) is -2.00. The molecule has 1 heterocycles. The van der Waals surface area contributed by atoms with E-state index in [1.165, 1.54) is 29.2 Å². The number of hydrogen-bond donors (Lipinski definition) is 1. The minimum absolute atomic E-state index is 0.120. The summed E-state index contributed by atoms with van der Waals surface area (Å²) in [5, 5.41) is 10.5. The highest BCUT2D eigenvalue weighted by molar-refractivity contribution is 7.89. The lowest BCUT2D eigenvalue weighted by Crippen LogP contribution is -2.28. The second-order valence-corrected chi connectivity index (χ2v) is 8.19. The smallest absolute Gasteiger partial charge is 0.253 e. The molecule has 0 fully saturated rings. The Morgan fingerprint density at radius 1 is 1.28 bits per heavy atom. The van der Waals surface area contributed by atoms with Crippen LogP contribution in [-0.2, 0) is 16.4 Å². The molecule has 1 aromatic heterocycles. The minimum Gasteiger partial charge on any atom is -0.341 e. The van der Waals surface area contributed by atoms with E-state index in [0.29, 0.717) is 25.1 Å². The van der Waals surface area contributed by atoms with Gasteiger partial charge in [-0.25, -0.2) is 13.1 Å². The Hall–Kier alpha value is -2.21. The van der Waals surface area contributed by atoms with Crippen LogP contribution in [-0.4, -0.2) is 39.4 Å². The molecule has 0 bridgehead atoms. The number of nitriles is 1. The van der Waals surface area contributed by atoms with E-state index in [1.807, 2.05) is 23.6 Å². The van der Waals surface area contributed by atoms with E-state index in [4.69, 9.17) is 5.26 Å². The molecule has 1 aromatic carbocycles. The van der Waals surface area contributed by atoms with E-state index < -0.39 is 10.0 Å². The van der Waals surface area contributed by atoms with Crippen LogP contribution < -0.4 is 4.72 Å². The zero-order valence-electron chi connectivity index (χ0n) is 13.8. The number of carbonyl (C=O) groups excluding carboxylic acids is 1. The van der Waals surface area contributed by atoms with Crippen molar-refractivity contribution in [3.63, 3.8) is 0 Å². The summed E-state index contributed by atoms with van der Waals surface area (Å²) < 4.78 is 27.1. The normalized spacial score (nSPS) is 11.0. The van der Waals surface area contributed by atoms with Gasteiger partial charge >= 0.3 is 0 Å². The predicted octanol–water partition coefficient (Wildman–Crippen LogP) is 2.25. The van der Waals surface area contributed by atoms with Crippen LogP contribution in [0, 0.1) is 11.3 Å². The molecule has 1 N–H and O–H groups in total. The summed E-state index contributed by atoms with van der Waals surface area (Å²) in [5.41, 5.74) is 0.387. The molecule has 0 saturated heterocycles. The Kier molecular flexibility index (Phi) is 6.70. The van der Waals surface area contributed by atoms with Crippen LogP contribution in [0.4, 0.5) is 0 Å². The maximum Gasteiger partial charge on any atom is 0.253 e. The number of sulfonamides is 1. The van der Waals surface area contributed by atoms with Crippen LogP contribution in [0.3, 0.4) is 0 Å². The van der Waals surface area contributed by atoms with Crippen molar-refractivity contribution in [1.82, 2.24) is 9.62 Å². The first kappa shape index (κ1) is 19.1. The Morgan fingerprint density at radius 3 is 2.60 bits per heavy atom. The van der Waals surface area contributed by atoms with Gasteiger partial charge in [-0.1, -0.05) is 6.07 Å². The molecule has 0 spiro atoms. The van der Waals surface area contributed by atoms with Crippen LogP contribution in [0.25, 0.3) is 0 Å². The number of nitrogens with zero attached hydrogens (tertiary/aromatic N) is 2. The zero-order valence-corrected chi connectivity index (χ0v) is 15.4. The van der Waals surface area contributed by atoms with Crippen molar-refractivity contribution in [2.45, 2.75) is 17.7 Å². The van der Waals surface area contributed by atoms with Gasteiger partial charge in [-0.2, -0.15) is 5.26 Å². The van der Waals surface area contributed by atoms with Crippen molar-refractivity contribution in [3.05, 3.63) is 52.2 Å². The van der Waals surface area contributed by atoms with Crippen LogP contribution >= 0.6 is 11.3 Å². The predicted molar refractivity (Wildman–Crippen MR) is 96.8 cm³/mol. The first-order valence-electron chi connectivity index (χ1n) is 7.68. The standard InChI is InChI=1S/C17H19N3O3S2/c1-20(12-3-10-18)17(21)14-5-7-16(8-6-14)25(22,23)19-11-9-15-4-2-13-24-15/h2,4-8,13,19H,3,9,11-12H2,1H3. The molecule has 25 heavy (non-hydrogen) atoms. The molecule has 0 aliphatic rings.